The quantitative estimate of drug-likeness (QED) is 0.374. The number of hydrogen-bond acceptors (Lipinski definition) is 4. The first-order valence-electron chi connectivity index (χ1n) is 9.39. The molecule has 140 valence electrons. The van der Waals surface area contributed by atoms with Gasteiger partial charge in [-0.15, -0.1) is 0 Å². The number of rotatable bonds is 6. The Bertz CT molecular complexity index is 969. The Kier molecular flexibility index (Phi) is 5.20. The van der Waals surface area contributed by atoms with Crippen LogP contribution in [0.3, 0.4) is 0 Å². The summed E-state index contributed by atoms with van der Waals surface area (Å²) in [6.07, 6.45) is 1.79. The summed E-state index contributed by atoms with van der Waals surface area (Å²) in [4.78, 5) is 6.06. The van der Waals surface area contributed by atoms with Gasteiger partial charge in [0.1, 0.15) is 0 Å². The molecule has 0 aliphatic carbocycles. The van der Waals surface area contributed by atoms with E-state index in [2.05, 4.69) is 22.4 Å². The van der Waals surface area contributed by atoms with Crippen molar-refractivity contribution in [1.82, 2.24) is 0 Å². The second-order valence-electron chi connectivity index (χ2n) is 7.11. The number of benzene rings is 3. The van der Waals surface area contributed by atoms with Crippen molar-refractivity contribution in [1.29, 1.82) is 0 Å². The maximum Gasteiger partial charge on any atom is 0.153 e. The fourth-order valence-corrected chi connectivity index (χ4v) is 3.66. The van der Waals surface area contributed by atoms with Gasteiger partial charge in [-0.1, -0.05) is 101 Å². The van der Waals surface area contributed by atoms with Gasteiger partial charge in [0.05, 0.1) is 11.4 Å². The average Bonchev–Trinajstić information content (AvgIpc) is 3.18. The van der Waals surface area contributed by atoms with Crippen molar-refractivity contribution in [3.05, 3.63) is 108 Å². The van der Waals surface area contributed by atoms with Crippen LogP contribution in [0.5, 0.6) is 0 Å². The molecular weight excluding hydrogens is 348 g/mol. The van der Waals surface area contributed by atoms with E-state index in [9.17, 15) is 5.21 Å². The smallest absolute Gasteiger partial charge is 0.153 e. The summed E-state index contributed by atoms with van der Waals surface area (Å²) in [5.41, 5.74) is 4.03. The third kappa shape index (κ3) is 3.96. The Morgan fingerprint density at radius 2 is 1.50 bits per heavy atom. The number of hydrogen-bond donors (Lipinski definition) is 1. The van der Waals surface area contributed by atoms with Crippen molar-refractivity contribution >= 4 is 11.4 Å². The first-order chi connectivity index (χ1) is 13.8. The average molecular weight is 370 g/mol. The highest BCUT2D eigenvalue weighted by Crippen LogP contribution is 2.35. The Morgan fingerprint density at radius 3 is 2.14 bits per heavy atom. The number of nitrogens with zero attached hydrogens (tertiary/aromatic N) is 2. The van der Waals surface area contributed by atoms with E-state index in [-0.39, 0.29) is 0 Å². The van der Waals surface area contributed by atoms with Gasteiger partial charge < -0.3 is 10.0 Å². The molecule has 4 heteroatoms. The zero-order valence-corrected chi connectivity index (χ0v) is 15.5. The zero-order valence-electron chi connectivity index (χ0n) is 15.5. The largest absolute Gasteiger partial charge is 0.411 e. The molecule has 1 aliphatic heterocycles. The fourth-order valence-electron chi connectivity index (χ4n) is 3.66. The molecule has 0 spiro atoms. The van der Waals surface area contributed by atoms with Crippen LogP contribution in [0, 0.1) is 0 Å². The lowest BCUT2D eigenvalue weighted by Gasteiger charge is -2.27. The van der Waals surface area contributed by atoms with Crippen LogP contribution in [0.1, 0.15) is 29.5 Å². The molecule has 1 heterocycles. The Morgan fingerprint density at radius 1 is 0.893 bits per heavy atom. The minimum Gasteiger partial charge on any atom is -0.411 e. The lowest BCUT2D eigenvalue weighted by molar-refractivity contribution is -0.0128. The van der Waals surface area contributed by atoms with Crippen LogP contribution < -0.4 is 0 Å². The molecule has 3 aromatic rings. The molecule has 1 atom stereocenters. The highest BCUT2D eigenvalue weighted by molar-refractivity contribution is 6.04. The predicted molar refractivity (Wildman–Crippen MR) is 111 cm³/mol. The van der Waals surface area contributed by atoms with Crippen molar-refractivity contribution in [2.45, 2.75) is 24.9 Å². The van der Waals surface area contributed by atoms with E-state index in [1.54, 1.807) is 0 Å². The molecule has 1 unspecified atom stereocenters. The summed E-state index contributed by atoms with van der Waals surface area (Å²) in [5, 5.41) is 17.7. The van der Waals surface area contributed by atoms with Crippen LogP contribution in [0.15, 0.2) is 101 Å². The van der Waals surface area contributed by atoms with Crippen molar-refractivity contribution in [3.8, 4) is 0 Å². The summed E-state index contributed by atoms with van der Waals surface area (Å²) in [6, 6.07) is 30.0. The maximum atomic E-state index is 9.70. The molecule has 0 radical (unpaired) electrons. The first-order valence-corrected chi connectivity index (χ1v) is 9.39. The Labute approximate surface area is 164 Å². The molecule has 1 N–H and O–H groups in total. The van der Waals surface area contributed by atoms with E-state index in [4.69, 9.17) is 4.84 Å². The summed E-state index contributed by atoms with van der Waals surface area (Å²) in [7, 11) is 0. The van der Waals surface area contributed by atoms with Crippen LogP contribution in [0.4, 0.5) is 0 Å². The van der Waals surface area contributed by atoms with E-state index < -0.39 is 5.60 Å². The zero-order chi connectivity index (χ0) is 19.2. The van der Waals surface area contributed by atoms with Gasteiger partial charge in [0, 0.05) is 19.3 Å². The van der Waals surface area contributed by atoms with Crippen molar-refractivity contribution in [3.63, 3.8) is 0 Å². The van der Waals surface area contributed by atoms with Crippen LogP contribution in [-0.2, 0) is 11.3 Å². The van der Waals surface area contributed by atoms with Crippen LogP contribution >= 0.6 is 0 Å². The van der Waals surface area contributed by atoms with E-state index in [1.807, 2.05) is 78.9 Å². The van der Waals surface area contributed by atoms with Crippen LogP contribution in [-0.4, -0.2) is 22.2 Å². The van der Waals surface area contributed by atoms with Gasteiger partial charge in [0.2, 0.25) is 0 Å². The second kappa shape index (κ2) is 8.09. The van der Waals surface area contributed by atoms with Gasteiger partial charge in [-0.25, -0.2) is 0 Å². The van der Waals surface area contributed by atoms with E-state index in [1.165, 1.54) is 0 Å². The molecule has 0 saturated carbocycles. The van der Waals surface area contributed by atoms with Gasteiger partial charge in [-0.2, -0.15) is 0 Å². The van der Waals surface area contributed by atoms with Gasteiger partial charge in [0.15, 0.2) is 5.60 Å². The van der Waals surface area contributed by atoms with Gasteiger partial charge in [0.25, 0.3) is 0 Å². The molecule has 0 aromatic heterocycles. The van der Waals surface area contributed by atoms with Gasteiger partial charge in [-0.3, -0.25) is 0 Å². The molecule has 28 heavy (non-hydrogen) atoms. The molecule has 0 fully saturated rings. The Balaban J connectivity index is 1.63. The molecular formula is C24H22N2O2. The predicted octanol–water partition coefficient (Wildman–Crippen LogP) is 5.06. The van der Waals surface area contributed by atoms with Gasteiger partial charge >= 0.3 is 0 Å². The summed E-state index contributed by atoms with van der Waals surface area (Å²) in [5.74, 6) is 0. The Hall–Kier alpha value is -3.40. The molecule has 0 bridgehead atoms. The topological polar surface area (TPSA) is 54.2 Å². The SMILES string of the molecule is O/N=C(/CC1(Cc2ccccc2)CC(c2ccccc2)=NO1)c1ccccc1. The van der Waals surface area contributed by atoms with Crippen molar-refractivity contribution < 1.29 is 10.0 Å². The minimum absolute atomic E-state index is 0.461. The van der Waals surface area contributed by atoms with Crippen molar-refractivity contribution in [2.75, 3.05) is 0 Å². The second-order valence-corrected chi connectivity index (χ2v) is 7.11. The number of oxime groups is 2. The molecule has 0 amide bonds. The van der Waals surface area contributed by atoms with Gasteiger partial charge in [-0.05, 0) is 16.7 Å². The molecule has 1 aliphatic rings. The molecule has 4 rings (SSSR count). The summed E-state index contributed by atoms with van der Waals surface area (Å²) in [6.45, 7) is 0. The lowest BCUT2D eigenvalue weighted by Crippen LogP contribution is -2.35. The molecule has 3 aromatic carbocycles. The van der Waals surface area contributed by atoms with E-state index >= 15 is 0 Å². The molecule has 0 saturated heterocycles. The molecule has 4 nitrogen and oxygen atoms in total. The van der Waals surface area contributed by atoms with Crippen molar-refractivity contribution in [2.24, 2.45) is 10.3 Å². The van der Waals surface area contributed by atoms with E-state index in [0.717, 1.165) is 22.4 Å². The van der Waals surface area contributed by atoms with Crippen LogP contribution in [0.25, 0.3) is 0 Å². The fraction of sp³-hybridized carbons (Fsp3) is 0.167. The third-order valence-electron chi connectivity index (χ3n) is 5.03. The lowest BCUT2D eigenvalue weighted by atomic mass is 9.83. The van der Waals surface area contributed by atoms with Crippen LogP contribution in [0.2, 0.25) is 0 Å². The highest BCUT2D eigenvalue weighted by Gasteiger charge is 2.41. The minimum atomic E-state index is -0.593. The third-order valence-corrected chi connectivity index (χ3v) is 5.03. The summed E-state index contributed by atoms with van der Waals surface area (Å²) >= 11 is 0. The standard InChI is InChI=1S/C24H22N2O2/c27-25-22(20-12-6-2-7-13-20)17-24(16-19-10-4-1-5-11-19)18-23(26-28-24)21-14-8-3-9-15-21/h1-15,27H,16-18H2/b25-22-. The monoisotopic (exact) mass is 370 g/mol. The highest BCUT2D eigenvalue weighted by atomic mass is 16.7. The normalized spacial score (nSPS) is 19.1. The van der Waals surface area contributed by atoms with E-state index in [0.29, 0.717) is 25.0 Å². The maximum absolute atomic E-state index is 9.70. The first kappa shape index (κ1) is 18.0. The summed E-state index contributed by atoms with van der Waals surface area (Å²) < 4.78 is 0.